The highest BCUT2D eigenvalue weighted by molar-refractivity contribution is 5.79. The SMILES string of the molecule is CNc1cc(-c2nc(C3OCC(C)(CNC(C)=O)CO3)[nH]c2-c2ccc(F)cc2)ccn1. The number of aromatic amines is 1. The zero-order chi connectivity index (χ0) is 22.7. The van der Waals surface area contributed by atoms with Crippen molar-refractivity contribution in [1.82, 2.24) is 20.3 Å². The van der Waals surface area contributed by atoms with Crippen molar-refractivity contribution < 1.29 is 18.7 Å². The summed E-state index contributed by atoms with van der Waals surface area (Å²) >= 11 is 0. The number of hydrogen-bond acceptors (Lipinski definition) is 6. The molecular weight excluding hydrogens is 413 g/mol. The number of carbonyl (C=O) groups is 1. The van der Waals surface area contributed by atoms with Crippen LogP contribution in [0.5, 0.6) is 0 Å². The Hall–Kier alpha value is -3.30. The molecule has 1 aliphatic rings. The minimum absolute atomic E-state index is 0.0914. The fourth-order valence-electron chi connectivity index (χ4n) is 3.49. The number of benzene rings is 1. The molecule has 4 rings (SSSR count). The number of pyridine rings is 1. The van der Waals surface area contributed by atoms with Gasteiger partial charge in [-0.1, -0.05) is 6.92 Å². The summed E-state index contributed by atoms with van der Waals surface area (Å²) in [6, 6.07) is 9.96. The van der Waals surface area contributed by atoms with Crippen LogP contribution in [-0.2, 0) is 14.3 Å². The van der Waals surface area contributed by atoms with Crippen molar-refractivity contribution in [3.05, 3.63) is 54.2 Å². The number of carbonyl (C=O) groups excluding carboxylic acids is 1. The van der Waals surface area contributed by atoms with Gasteiger partial charge in [0, 0.05) is 43.3 Å². The van der Waals surface area contributed by atoms with Crippen molar-refractivity contribution in [3.8, 4) is 22.5 Å². The Kier molecular flexibility index (Phi) is 6.20. The Morgan fingerprint density at radius 1 is 1.22 bits per heavy atom. The molecule has 3 N–H and O–H groups in total. The zero-order valence-corrected chi connectivity index (χ0v) is 18.2. The molecule has 8 nitrogen and oxygen atoms in total. The minimum Gasteiger partial charge on any atom is -0.373 e. The molecule has 9 heteroatoms. The van der Waals surface area contributed by atoms with Gasteiger partial charge in [0.2, 0.25) is 12.2 Å². The highest BCUT2D eigenvalue weighted by Gasteiger charge is 2.35. The number of H-pyrrole nitrogens is 1. The molecule has 0 saturated carbocycles. The first kappa shape index (κ1) is 21.9. The lowest BCUT2D eigenvalue weighted by atomic mass is 9.92. The van der Waals surface area contributed by atoms with E-state index < -0.39 is 6.29 Å². The third-order valence-corrected chi connectivity index (χ3v) is 5.30. The van der Waals surface area contributed by atoms with Gasteiger partial charge in [-0.25, -0.2) is 14.4 Å². The highest BCUT2D eigenvalue weighted by atomic mass is 19.1. The maximum Gasteiger partial charge on any atom is 0.217 e. The van der Waals surface area contributed by atoms with Crippen LogP contribution in [0.15, 0.2) is 42.6 Å². The van der Waals surface area contributed by atoms with Gasteiger partial charge in [0.15, 0.2) is 5.82 Å². The number of nitrogens with one attached hydrogen (secondary N) is 3. The Labute approximate surface area is 185 Å². The molecule has 0 bridgehead atoms. The van der Waals surface area contributed by atoms with Gasteiger partial charge in [-0.3, -0.25) is 4.79 Å². The second-order valence-electron chi connectivity index (χ2n) is 8.21. The van der Waals surface area contributed by atoms with Gasteiger partial charge in [-0.15, -0.1) is 0 Å². The van der Waals surface area contributed by atoms with Crippen molar-refractivity contribution in [3.63, 3.8) is 0 Å². The molecule has 0 aliphatic carbocycles. The summed E-state index contributed by atoms with van der Waals surface area (Å²) in [5.74, 6) is 0.819. The van der Waals surface area contributed by atoms with E-state index in [4.69, 9.17) is 14.5 Å². The molecule has 1 amide bonds. The van der Waals surface area contributed by atoms with Gasteiger partial charge in [0.25, 0.3) is 0 Å². The fraction of sp³-hybridized carbons (Fsp3) is 0.348. The number of nitrogens with zero attached hydrogens (tertiary/aromatic N) is 2. The lowest BCUT2D eigenvalue weighted by Crippen LogP contribution is -2.45. The van der Waals surface area contributed by atoms with Crippen LogP contribution in [0.2, 0.25) is 0 Å². The summed E-state index contributed by atoms with van der Waals surface area (Å²) in [5.41, 5.74) is 2.72. The second-order valence-corrected chi connectivity index (χ2v) is 8.21. The summed E-state index contributed by atoms with van der Waals surface area (Å²) in [7, 11) is 1.80. The van der Waals surface area contributed by atoms with Crippen LogP contribution in [0.1, 0.15) is 26.0 Å². The number of anilines is 1. The van der Waals surface area contributed by atoms with Gasteiger partial charge in [-0.05, 0) is 36.4 Å². The molecule has 0 unspecified atom stereocenters. The number of ether oxygens (including phenoxy) is 2. The van der Waals surface area contributed by atoms with Gasteiger partial charge >= 0.3 is 0 Å². The van der Waals surface area contributed by atoms with Crippen LogP contribution in [0, 0.1) is 11.2 Å². The minimum atomic E-state index is -0.682. The Morgan fingerprint density at radius 3 is 2.59 bits per heavy atom. The summed E-state index contributed by atoms with van der Waals surface area (Å²) in [4.78, 5) is 23.6. The number of halogens is 1. The monoisotopic (exact) mass is 439 g/mol. The summed E-state index contributed by atoms with van der Waals surface area (Å²) in [6.07, 6.45) is 1.02. The summed E-state index contributed by atoms with van der Waals surface area (Å²) < 4.78 is 25.4. The molecule has 0 atom stereocenters. The predicted octanol–water partition coefficient (Wildman–Crippen LogP) is 3.51. The third kappa shape index (κ3) is 4.79. The Bertz CT molecular complexity index is 1090. The number of rotatable bonds is 6. The van der Waals surface area contributed by atoms with E-state index in [-0.39, 0.29) is 17.1 Å². The van der Waals surface area contributed by atoms with E-state index in [9.17, 15) is 9.18 Å². The molecule has 1 aliphatic heterocycles. The van der Waals surface area contributed by atoms with Crippen LogP contribution in [0.4, 0.5) is 10.2 Å². The molecule has 3 aromatic rings. The van der Waals surface area contributed by atoms with Gasteiger partial charge in [0.1, 0.15) is 11.6 Å². The van der Waals surface area contributed by atoms with Gasteiger partial charge < -0.3 is 25.1 Å². The van der Waals surface area contributed by atoms with Crippen LogP contribution in [0.3, 0.4) is 0 Å². The van der Waals surface area contributed by atoms with Crippen LogP contribution in [0.25, 0.3) is 22.5 Å². The van der Waals surface area contributed by atoms with Crippen LogP contribution in [-0.4, -0.2) is 47.7 Å². The van der Waals surface area contributed by atoms with Crippen molar-refractivity contribution in [2.45, 2.75) is 20.1 Å². The van der Waals surface area contributed by atoms with E-state index in [0.717, 1.165) is 16.8 Å². The predicted molar refractivity (Wildman–Crippen MR) is 118 cm³/mol. The van der Waals surface area contributed by atoms with Crippen LogP contribution < -0.4 is 10.6 Å². The fourth-order valence-corrected chi connectivity index (χ4v) is 3.49. The first-order chi connectivity index (χ1) is 15.4. The van der Waals surface area contributed by atoms with Crippen molar-refractivity contribution >= 4 is 11.7 Å². The molecule has 0 radical (unpaired) electrons. The Balaban J connectivity index is 1.64. The maximum atomic E-state index is 13.5. The quantitative estimate of drug-likeness (QED) is 0.543. The van der Waals surface area contributed by atoms with E-state index in [1.807, 2.05) is 19.1 Å². The molecule has 1 aromatic carbocycles. The number of imidazole rings is 1. The normalized spacial score (nSPS) is 20.7. The van der Waals surface area contributed by atoms with Gasteiger partial charge in [0.05, 0.1) is 24.6 Å². The molecule has 0 spiro atoms. The first-order valence-electron chi connectivity index (χ1n) is 10.3. The molecule has 2 aromatic heterocycles. The van der Waals surface area contributed by atoms with E-state index in [1.165, 1.54) is 19.1 Å². The molecule has 1 fully saturated rings. The smallest absolute Gasteiger partial charge is 0.217 e. The lowest BCUT2D eigenvalue weighted by Gasteiger charge is -2.36. The number of hydrogen-bond donors (Lipinski definition) is 3. The van der Waals surface area contributed by atoms with Gasteiger partial charge in [-0.2, -0.15) is 0 Å². The van der Waals surface area contributed by atoms with Crippen molar-refractivity contribution in [2.24, 2.45) is 5.41 Å². The first-order valence-corrected chi connectivity index (χ1v) is 10.3. The van der Waals surface area contributed by atoms with Crippen LogP contribution >= 0.6 is 0 Å². The maximum absolute atomic E-state index is 13.5. The second kappa shape index (κ2) is 9.05. The highest BCUT2D eigenvalue weighted by Crippen LogP contribution is 2.36. The van der Waals surface area contributed by atoms with E-state index in [1.54, 1.807) is 25.4 Å². The van der Waals surface area contributed by atoms with Crippen molar-refractivity contribution in [1.29, 1.82) is 0 Å². The largest absolute Gasteiger partial charge is 0.373 e. The van der Waals surface area contributed by atoms with E-state index >= 15 is 0 Å². The average Bonchev–Trinajstić information content (AvgIpc) is 3.24. The summed E-state index contributed by atoms with van der Waals surface area (Å²) in [6.45, 7) is 4.74. The molecule has 168 valence electrons. The zero-order valence-electron chi connectivity index (χ0n) is 18.2. The van der Waals surface area contributed by atoms with E-state index in [2.05, 4.69) is 20.6 Å². The Morgan fingerprint density at radius 2 is 1.94 bits per heavy atom. The topological polar surface area (TPSA) is 101 Å². The van der Waals surface area contributed by atoms with Crippen molar-refractivity contribution in [2.75, 3.05) is 32.1 Å². The third-order valence-electron chi connectivity index (χ3n) is 5.30. The molecule has 1 saturated heterocycles. The lowest BCUT2D eigenvalue weighted by molar-refractivity contribution is -0.232. The molecular formula is C23H26FN5O3. The van der Waals surface area contributed by atoms with E-state index in [0.29, 0.717) is 37.1 Å². The number of aromatic nitrogens is 3. The standard InChI is InChI=1S/C23H26FN5O3/c1-14(30)27-11-23(2)12-31-22(32-13-23)21-28-19(15-4-6-17(24)7-5-15)20(29-21)16-8-9-26-18(10-16)25-3/h4-10,22H,11-13H2,1-3H3,(H,25,26)(H,27,30)(H,28,29). The number of amides is 1. The average molecular weight is 439 g/mol. The summed E-state index contributed by atoms with van der Waals surface area (Å²) in [5, 5.41) is 5.84. The molecule has 32 heavy (non-hydrogen) atoms. The molecule has 3 heterocycles.